The largest absolute Gasteiger partial charge is 0.497 e. The molecule has 1 N–H and O–H groups in total. The lowest BCUT2D eigenvalue weighted by atomic mass is 10.2. The maximum atomic E-state index is 5.44. The first-order chi connectivity index (χ1) is 9.80. The van der Waals surface area contributed by atoms with Crippen molar-refractivity contribution in [3.8, 4) is 22.9 Å². The van der Waals surface area contributed by atoms with Gasteiger partial charge in [-0.05, 0) is 43.3 Å². The first-order valence-electron chi connectivity index (χ1n) is 6.57. The summed E-state index contributed by atoms with van der Waals surface area (Å²) in [5.41, 5.74) is 2.92. The SMILES string of the molecule is CCOc1ccc(-c2nc3ccc(OC)cc3[nH]2)cc1. The van der Waals surface area contributed by atoms with Crippen LogP contribution in [0.25, 0.3) is 22.4 Å². The molecule has 0 unspecified atom stereocenters. The Morgan fingerprint density at radius 2 is 1.80 bits per heavy atom. The van der Waals surface area contributed by atoms with Crippen molar-refractivity contribution in [1.29, 1.82) is 0 Å². The van der Waals surface area contributed by atoms with E-state index in [0.717, 1.165) is 33.9 Å². The van der Waals surface area contributed by atoms with E-state index in [1.165, 1.54) is 0 Å². The number of hydrogen-bond acceptors (Lipinski definition) is 3. The predicted octanol–water partition coefficient (Wildman–Crippen LogP) is 3.64. The van der Waals surface area contributed by atoms with Crippen LogP contribution in [0.1, 0.15) is 6.92 Å². The Labute approximate surface area is 117 Å². The number of H-pyrrole nitrogens is 1. The third-order valence-corrected chi connectivity index (χ3v) is 3.13. The van der Waals surface area contributed by atoms with E-state index in [1.54, 1.807) is 7.11 Å². The summed E-state index contributed by atoms with van der Waals surface area (Å²) in [6, 6.07) is 13.7. The standard InChI is InChI=1S/C16H16N2O2/c1-3-20-12-6-4-11(5-7-12)16-17-14-9-8-13(19-2)10-15(14)18-16/h4-10H,3H2,1-2H3,(H,17,18). The molecule has 0 aliphatic rings. The van der Waals surface area contributed by atoms with Crippen LogP contribution in [0.3, 0.4) is 0 Å². The molecule has 1 aromatic heterocycles. The molecular formula is C16H16N2O2. The summed E-state index contributed by atoms with van der Waals surface area (Å²) in [7, 11) is 1.66. The molecule has 0 aliphatic carbocycles. The number of fused-ring (bicyclic) bond motifs is 1. The second kappa shape index (κ2) is 5.25. The maximum absolute atomic E-state index is 5.44. The molecule has 0 bridgehead atoms. The Kier molecular flexibility index (Phi) is 3.29. The summed E-state index contributed by atoms with van der Waals surface area (Å²) in [4.78, 5) is 7.89. The molecule has 0 saturated carbocycles. The molecule has 1 heterocycles. The van der Waals surface area contributed by atoms with Crippen molar-refractivity contribution in [1.82, 2.24) is 9.97 Å². The van der Waals surface area contributed by atoms with E-state index in [9.17, 15) is 0 Å². The molecule has 0 spiro atoms. The van der Waals surface area contributed by atoms with Crippen LogP contribution in [-0.2, 0) is 0 Å². The zero-order chi connectivity index (χ0) is 13.9. The van der Waals surface area contributed by atoms with Gasteiger partial charge in [-0.2, -0.15) is 0 Å². The van der Waals surface area contributed by atoms with Crippen LogP contribution < -0.4 is 9.47 Å². The molecule has 0 radical (unpaired) electrons. The van der Waals surface area contributed by atoms with Gasteiger partial charge < -0.3 is 14.5 Å². The predicted molar refractivity (Wildman–Crippen MR) is 79.3 cm³/mol. The van der Waals surface area contributed by atoms with Crippen molar-refractivity contribution >= 4 is 11.0 Å². The average Bonchev–Trinajstić information content (AvgIpc) is 2.91. The smallest absolute Gasteiger partial charge is 0.138 e. The number of aromatic nitrogens is 2. The van der Waals surface area contributed by atoms with Crippen LogP contribution in [0.15, 0.2) is 42.5 Å². The van der Waals surface area contributed by atoms with E-state index in [4.69, 9.17) is 9.47 Å². The lowest BCUT2D eigenvalue weighted by molar-refractivity contribution is 0.340. The summed E-state index contributed by atoms with van der Waals surface area (Å²) in [6.07, 6.45) is 0. The zero-order valence-electron chi connectivity index (χ0n) is 11.5. The van der Waals surface area contributed by atoms with E-state index in [0.29, 0.717) is 6.61 Å². The van der Waals surface area contributed by atoms with Crippen LogP contribution in [0.5, 0.6) is 11.5 Å². The van der Waals surface area contributed by atoms with Gasteiger partial charge in [0.2, 0.25) is 0 Å². The number of methoxy groups -OCH3 is 1. The summed E-state index contributed by atoms with van der Waals surface area (Å²) >= 11 is 0. The number of nitrogens with one attached hydrogen (secondary N) is 1. The van der Waals surface area contributed by atoms with Gasteiger partial charge in [-0.15, -0.1) is 0 Å². The van der Waals surface area contributed by atoms with Gasteiger partial charge in [0.25, 0.3) is 0 Å². The number of aromatic amines is 1. The third-order valence-electron chi connectivity index (χ3n) is 3.13. The highest BCUT2D eigenvalue weighted by Crippen LogP contribution is 2.25. The van der Waals surface area contributed by atoms with Crippen molar-refractivity contribution in [2.45, 2.75) is 6.92 Å². The topological polar surface area (TPSA) is 47.1 Å². The fourth-order valence-electron chi connectivity index (χ4n) is 2.13. The third kappa shape index (κ3) is 2.32. The van der Waals surface area contributed by atoms with Gasteiger partial charge in [0, 0.05) is 11.6 Å². The Bertz CT molecular complexity index is 717. The minimum atomic E-state index is 0.670. The Balaban J connectivity index is 1.96. The minimum Gasteiger partial charge on any atom is -0.497 e. The molecule has 0 aliphatic heterocycles. The number of imidazole rings is 1. The van der Waals surface area contributed by atoms with Crippen molar-refractivity contribution in [3.63, 3.8) is 0 Å². The van der Waals surface area contributed by atoms with Crippen molar-refractivity contribution in [2.75, 3.05) is 13.7 Å². The monoisotopic (exact) mass is 268 g/mol. The Morgan fingerprint density at radius 3 is 2.50 bits per heavy atom. The molecule has 0 amide bonds. The molecule has 102 valence electrons. The number of nitrogens with zero attached hydrogens (tertiary/aromatic N) is 1. The molecule has 3 aromatic rings. The molecule has 2 aromatic carbocycles. The van der Waals surface area contributed by atoms with Crippen LogP contribution in [0, 0.1) is 0 Å². The molecule has 0 fully saturated rings. The summed E-state index contributed by atoms with van der Waals surface area (Å²) < 4.78 is 10.7. The van der Waals surface area contributed by atoms with Crippen LogP contribution >= 0.6 is 0 Å². The molecule has 4 nitrogen and oxygen atoms in total. The van der Waals surface area contributed by atoms with Crippen LogP contribution in [0.2, 0.25) is 0 Å². The van der Waals surface area contributed by atoms with E-state index in [2.05, 4.69) is 9.97 Å². The highest BCUT2D eigenvalue weighted by molar-refractivity contribution is 5.80. The van der Waals surface area contributed by atoms with Gasteiger partial charge in [-0.3, -0.25) is 0 Å². The molecule has 0 saturated heterocycles. The lowest BCUT2D eigenvalue weighted by Crippen LogP contribution is -1.90. The fraction of sp³-hybridized carbons (Fsp3) is 0.188. The van der Waals surface area contributed by atoms with E-state index in [1.807, 2.05) is 49.4 Å². The number of hydrogen-bond donors (Lipinski definition) is 1. The van der Waals surface area contributed by atoms with Gasteiger partial charge in [-0.1, -0.05) is 0 Å². The van der Waals surface area contributed by atoms with Gasteiger partial charge in [-0.25, -0.2) is 4.98 Å². The molecule has 3 rings (SSSR count). The van der Waals surface area contributed by atoms with Crippen molar-refractivity contribution in [2.24, 2.45) is 0 Å². The van der Waals surface area contributed by atoms with E-state index < -0.39 is 0 Å². The maximum Gasteiger partial charge on any atom is 0.138 e. The second-order valence-electron chi connectivity index (χ2n) is 4.43. The molecular weight excluding hydrogens is 252 g/mol. The van der Waals surface area contributed by atoms with E-state index >= 15 is 0 Å². The lowest BCUT2D eigenvalue weighted by Gasteiger charge is -2.02. The molecule has 20 heavy (non-hydrogen) atoms. The van der Waals surface area contributed by atoms with Crippen LogP contribution in [0.4, 0.5) is 0 Å². The van der Waals surface area contributed by atoms with Gasteiger partial charge in [0.15, 0.2) is 0 Å². The van der Waals surface area contributed by atoms with Crippen LogP contribution in [-0.4, -0.2) is 23.7 Å². The summed E-state index contributed by atoms with van der Waals surface area (Å²) in [5, 5.41) is 0. The Hall–Kier alpha value is -2.49. The highest BCUT2D eigenvalue weighted by Gasteiger charge is 2.06. The normalized spacial score (nSPS) is 10.7. The first kappa shape index (κ1) is 12.5. The summed E-state index contributed by atoms with van der Waals surface area (Å²) in [5.74, 6) is 2.53. The number of rotatable bonds is 4. The molecule has 0 atom stereocenters. The number of benzene rings is 2. The van der Waals surface area contributed by atoms with Gasteiger partial charge in [0.05, 0.1) is 24.8 Å². The average molecular weight is 268 g/mol. The fourth-order valence-corrected chi connectivity index (χ4v) is 2.13. The second-order valence-corrected chi connectivity index (χ2v) is 4.43. The first-order valence-corrected chi connectivity index (χ1v) is 6.57. The van der Waals surface area contributed by atoms with Crippen molar-refractivity contribution in [3.05, 3.63) is 42.5 Å². The Morgan fingerprint density at radius 1 is 1.05 bits per heavy atom. The van der Waals surface area contributed by atoms with Crippen molar-refractivity contribution < 1.29 is 9.47 Å². The highest BCUT2D eigenvalue weighted by atomic mass is 16.5. The zero-order valence-corrected chi connectivity index (χ0v) is 11.5. The summed E-state index contributed by atoms with van der Waals surface area (Å²) in [6.45, 7) is 2.64. The number of ether oxygens (including phenoxy) is 2. The van der Waals surface area contributed by atoms with E-state index in [-0.39, 0.29) is 0 Å². The van der Waals surface area contributed by atoms with Gasteiger partial charge in [0.1, 0.15) is 17.3 Å². The van der Waals surface area contributed by atoms with Gasteiger partial charge >= 0.3 is 0 Å². The quantitative estimate of drug-likeness (QED) is 0.785. The minimum absolute atomic E-state index is 0.670. The molecule has 4 heteroatoms.